The average Bonchev–Trinajstić information content (AvgIpc) is 3.21. The number of amides is 2. The molecule has 2 amide bonds. The summed E-state index contributed by atoms with van der Waals surface area (Å²) in [4.78, 5) is 17.3. The molecule has 0 aliphatic carbocycles. The highest BCUT2D eigenvalue weighted by Gasteiger charge is 2.11. The predicted octanol–water partition coefficient (Wildman–Crippen LogP) is 3.27. The van der Waals surface area contributed by atoms with Crippen molar-refractivity contribution in [2.45, 2.75) is 19.5 Å². The highest BCUT2D eigenvalue weighted by atomic mass is 32.1. The quantitative estimate of drug-likeness (QED) is 0.755. The Morgan fingerprint density at radius 1 is 1.26 bits per heavy atom. The molecule has 1 atom stereocenters. The van der Waals surface area contributed by atoms with E-state index in [4.69, 9.17) is 0 Å². The summed E-state index contributed by atoms with van der Waals surface area (Å²) < 4.78 is 1.77. The van der Waals surface area contributed by atoms with E-state index in [9.17, 15) is 4.79 Å². The topological polar surface area (TPSA) is 71.8 Å². The zero-order chi connectivity index (χ0) is 16.1. The normalized spacial score (nSPS) is 11.9. The second-order valence-corrected chi connectivity index (χ2v) is 6.09. The minimum atomic E-state index is -0.262. The van der Waals surface area contributed by atoms with E-state index in [0.717, 1.165) is 5.56 Å². The lowest BCUT2D eigenvalue weighted by Gasteiger charge is -2.15. The summed E-state index contributed by atoms with van der Waals surface area (Å²) >= 11 is 1.66. The predicted molar refractivity (Wildman–Crippen MR) is 90.5 cm³/mol. The van der Waals surface area contributed by atoms with Gasteiger partial charge in [0.15, 0.2) is 0 Å². The third kappa shape index (κ3) is 3.95. The van der Waals surface area contributed by atoms with Gasteiger partial charge in [0.05, 0.1) is 18.8 Å². The van der Waals surface area contributed by atoms with E-state index in [0.29, 0.717) is 12.4 Å². The Bertz CT molecular complexity index is 754. The van der Waals surface area contributed by atoms with Crippen molar-refractivity contribution < 1.29 is 4.79 Å². The first-order valence-electron chi connectivity index (χ1n) is 7.24. The van der Waals surface area contributed by atoms with E-state index in [-0.39, 0.29) is 12.1 Å². The van der Waals surface area contributed by atoms with Crippen LogP contribution in [0.4, 0.5) is 10.6 Å². The molecule has 0 unspecified atom stereocenters. The molecule has 0 saturated heterocycles. The fourth-order valence-corrected chi connectivity index (χ4v) is 2.89. The minimum Gasteiger partial charge on any atom is -0.331 e. The van der Waals surface area contributed by atoms with Crippen LogP contribution < -0.4 is 10.6 Å². The van der Waals surface area contributed by atoms with E-state index >= 15 is 0 Å². The Kier molecular flexibility index (Phi) is 4.68. The van der Waals surface area contributed by atoms with Crippen molar-refractivity contribution in [3.8, 4) is 0 Å². The van der Waals surface area contributed by atoms with Crippen LogP contribution in [-0.4, -0.2) is 20.8 Å². The van der Waals surface area contributed by atoms with E-state index in [2.05, 4.69) is 20.7 Å². The number of carbonyl (C=O) groups excluding carboxylic acids is 1. The summed E-state index contributed by atoms with van der Waals surface area (Å²) in [5, 5.41) is 12.0. The van der Waals surface area contributed by atoms with Crippen LogP contribution in [0.5, 0.6) is 0 Å². The number of nitrogens with zero attached hydrogens (tertiary/aromatic N) is 3. The van der Waals surface area contributed by atoms with Gasteiger partial charge >= 0.3 is 6.03 Å². The van der Waals surface area contributed by atoms with E-state index in [1.165, 1.54) is 4.88 Å². The number of hydrogen-bond acceptors (Lipinski definition) is 4. The van der Waals surface area contributed by atoms with Crippen LogP contribution >= 0.6 is 11.3 Å². The first-order valence-corrected chi connectivity index (χ1v) is 8.12. The van der Waals surface area contributed by atoms with Crippen molar-refractivity contribution >= 4 is 23.2 Å². The SMILES string of the molecule is C[C@@H](NC(=O)Nc1ccnn1Cc1cccs1)c1ccncc1. The highest BCUT2D eigenvalue weighted by molar-refractivity contribution is 7.09. The number of hydrogen-bond donors (Lipinski definition) is 2. The summed E-state index contributed by atoms with van der Waals surface area (Å²) in [6.07, 6.45) is 5.10. The number of nitrogens with one attached hydrogen (secondary N) is 2. The number of anilines is 1. The summed E-state index contributed by atoms with van der Waals surface area (Å²) in [6, 6.07) is 9.22. The summed E-state index contributed by atoms with van der Waals surface area (Å²) in [6.45, 7) is 2.57. The second-order valence-electron chi connectivity index (χ2n) is 5.05. The van der Waals surface area contributed by atoms with Crippen LogP contribution in [0.1, 0.15) is 23.4 Å². The number of aromatic nitrogens is 3. The maximum absolute atomic E-state index is 12.2. The number of carbonyl (C=O) groups is 1. The molecule has 0 aromatic carbocycles. The monoisotopic (exact) mass is 327 g/mol. The molecule has 3 aromatic heterocycles. The fourth-order valence-electron chi connectivity index (χ4n) is 2.20. The Morgan fingerprint density at radius 2 is 2.09 bits per heavy atom. The van der Waals surface area contributed by atoms with Crippen LogP contribution in [0.25, 0.3) is 0 Å². The van der Waals surface area contributed by atoms with Crippen LogP contribution in [0, 0.1) is 0 Å². The van der Waals surface area contributed by atoms with Gasteiger partial charge in [0, 0.05) is 23.3 Å². The molecule has 0 spiro atoms. The van der Waals surface area contributed by atoms with Gasteiger partial charge in [0.1, 0.15) is 5.82 Å². The van der Waals surface area contributed by atoms with Gasteiger partial charge in [-0.1, -0.05) is 6.07 Å². The van der Waals surface area contributed by atoms with Gasteiger partial charge in [-0.15, -0.1) is 11.3 Å². The lowest BCUT2D eigenvalue weighted by Crippen LogP contribution is -2.32. The summed E-state index contributed by atoms with van der Waals surface area (Å²) in [5.74, 6) is 0.665. The Morgan fingerprint density at radius 3 is 2.83 bits per heavy atom. The average molecular weight is 327 g/mol. The molecule has 0 aliphatic rings. The zero-order valence-electron chi connectivity index (χ0n) is 12.6. The molecule has 118 valence electrons. The number of rotatable bonds is 5. The van der Waals surface area contributed by atoms with Gasteiger partial charge in [0.2, 0.25) is 0 Å². The first kappa shape index (κ1) is 15.2. The molecular formula is C16H17N5OS. The molecule has 3 heterocycles. The third-order valence-corrected chi connectivity index (χ3v) is 4.26. The Balaban J connectivity index is 1.61. The van der Waals surface area contributed by atoms with Gasteiger partial charge in [-0.05, 0) is 36.1 Å². The van der Waals surface area contributed by atoms with Crippen LogP contribution in [0.3, 0.4) is 0 Å². The second kappa shape index (κ2) is 7.06. The lowest BCUT2D eigenvalue weighted by molar-refractivity contribution is 0.249. The first-order chi connectivity index (χ1) is 11.2. The highest BCUT2D eigenvalue weighted by Crippen LogP contribution is 2.15. The third-order valence-electron chi connectivity index (χ3n) is 3.40. The van der Waals surface area contributed by atoms with Crippen molar-refractivity contribution in [3.63, 3.8) is 0 Å². The molecule has 6 nitrogen and oxygen atoms in total. The smallest absolute Gasteiger partial charge is 0.320 e. The number of pyridine rings is 1. The molecule has 0 bridgehead atoms. The molecule has 0 saturated carbocycles. The maximum atomic E-state index is 12.2. The molecular weight excluding hydrogens is 310 g/mol. The van der Waals surface area contributed by atoms with Gasteiger partial charge < -0.3 is 5.32 Å². The molecule has 0 fully saturated rings. The summed E-state index contributed by atoms with van der Waals surface area (Å²) in [5.41, 5.74) is 1.00. The zero-order valence-corrected chi connectivity index (χ0v) is 13.5. The van der Waals surface area contributed by atoms with Crippen LogP contribution in [-0.2, 0) is 6.54 Å². The molecule has 0 aliphatic heterocycles. The van der Waals surface area contributed by atoms with Gasteiger partial charge in [-0.3, -0.25) is 10.3 Å². The van der Waals surface area contributed by atoms with E-state index in [1.807, 2.05) is 36.6 Å². The Labute approximate surface area is 138 Å². The minimum absolute atomic E-state index is 0.105. The van der Waals surface area contributed by atoms with Crippen molar-refractivity contribution in [2.75, 3.05) is 5.32 Å². The number of thiophene rings is 1. The molecule has 3 rings (SSSR count). The molecule has 3 aromatic rings. The van der Waals surface area contributed by atoms with Crippen LogP contribution in [0.2, 0.25) is 0 Å². The lowest BCUT2D eigenvalue weighted by atomic mass is 10.1. The summed E-state index contributed by atoms with van der Waals surface area (Å²) in [7, 11) is 0. The Hall–Kier alpha value is -2.67. The van der Waals surface area contributed by atoms with Crippen molar-refractivity contribution in [1.82, 2.24) is 20.1 Å². The maximum Gasteiger partial charge on any atom is 0.320 e. The molecule has 2 N–H and O–H groups in total. The van der Waals surface area contributed by atoms with Crippen molar-refractivity contribution in [1.29, 1.82) is 0 Å². The molecule has 7 heteroatoms. The van der Waals surface area contributed by atoms with Gasteiger partial charge in [-0.2, -0.15) is 5.10 Å². The largest absolute Gasteiger partial charge is 0.331 e. The van der Waals surface area contributed by atoms with Gasteiger partial charge in [-0.25, -0.2) is 9.48 Å². The number of urea groups is 1. The van der Waals surface area contributed by atoms with Crippen molar-refractivity contribution in [3.05, 3.63) is 64.7 Å². The molecule has 0 radical (unpaired) electrons. The molecule has 23 heavy (non-hydrogen) atoms. The van der Waals surface area contributed by atoms with Crippen molar-refractivity contribution in [2.24, 2.45) is 0 Å². The van der Waals surface area contributed by atoms with Crippen LogP contribution in [0.15, 0.2) is 54.3 Å². The van der Waals surface area contributed by atoms with E-state index < -0.39 is 0 Å². The van der Waals surface area contributed by atoms with E-state index in [1.54, 1.807) is 40.7 Å². The standard InChI is InChI=1S/C16H17N5OS/c1-12(13-4-7-17-8-5-13)19-16(22)20-15-6-9-18-21(15)11-14-3-2-10-23-14/h2-10,12H,11H2,1H3,(H2,19,20,22)/t12-/m1/s1. The fraction of sp³-hybridized carbons (Fsp3) is 0.188. The van der Waals surface area contributed by atoms with Gasteiger partial charge in [0.25, 0.3) is 0 Å².